The zero-order chi connectivity index (χ0) is 21.8. The number of hydrogen-bond acceptors (Lipinski definition) is 6. The van der Waals surface area contributed by atoms with Crippen LogP contribution in [-0.2, 0) is 6.54 Å². The minimum Gasteiger partial charge on any atom is -0.364 e. The fourth-order valence-electron chi connectivity index (χ4n) is 3.41. The molecule has 3 heterocycles. The molecule has 1 amide bonds. The third kappa shape index (κ3) is 4.01. The lowest BCUT2D eigenvalue weighted by atomic mass is 10.1. The summed E-state index contributed by atoms with van der Waals surface area (Å²) in [5, 5.41) is 10.5. The highest BCUT2D eigenvalue weighted by Gasteiger charge is 2.18. The van der Waals surface area contributed by atoms with E-state index in [4.69, 9.17) is 0 Å². The maximum Gasteiger partial charge on any atom is 0.296 e. The first-order valence-corrected chi connectivity index (χ1v) is 10.1. The van der Waals surface area contributed by atoms with Crippen LogP contribution >= 0.6 is 0 Å². The van der Waals surface area contributed by atoms with Gasteiger partial charge in [-0.3, -0.25) is 4.79 Å². The molecule has 0 aliphatic rings. The van der Waals surface area contributed by atoms with Gasteiger partial charge in [-0.2, -0.15) is 0 Å². The molecule has 0 atom stereocenters. The van der Waals surface area contributed by atoms with Crippen molar-refractivity contribution in [2.24, 2.45) is 0 Å². The largest absolute Gasteiger partial charge is 0.364 e. The van der Waals surface area contributed by atoms with Gasteiger partial charge in [0.25, 0.3) is 5.91 Å². The van der Waals surface area contributed by atoms with Crippen molar-refractivity contribution >= 4 is 23.1 Å². The predicted molar refractivity (Wildman–Crippen MR) is 122 cm³/mol. The van der Waals surface area contributed by atoms with Crippen LogP contribution in [0.1, 0.15) is 16.2 Å². The number of carbonyl (C=O) groups is 1. The van der Waals surface area contributed by atoms with Gasteiger partial charge in [-0.1, -0.05) is 60.7 Å². The van der Waals surface area contributed by atoms with Gasteiger partial charge in [0.15, 0.2) is 5.82 Å². The van der Waals surface area contributed by atoms with Crippen LogP contribution in [0.15, 0.2) is 91.5 Å². The number of benzene rings is 2. The van der Waals surface area contributed by atoms with Crippen molar-refractivity contribution < 1.29 is 4.79 Å². The zero-order valence-corrected chi connectivity index (χ0v) is 17.0. The summed E-state index contributed by atoms with van der Waals surface area (Å²) in [4.78, 5) is 25.3. The molecular weight excluding hydrogens is 402 g/mol. The van der Waals surface area contributed by atoms with E-state index in [9.17, 15) is 4.79 Å². The molecule has 0 fully saturated rings. The monoisotopic (exact) mass is 421 g/mol. The lowest BCUT2D eigenvalue weighted by molar-refractivity contribution is 0.101. The van der Waals surface area contributed by atoms with Crippen molar-refractivity contribution in [1.29, 1.82) is 0 Å². The smallest absolute Gasteiger partial charge is 0.296 e. The highest BCUT2D eigenvalue weighted by molar-refractivity contribution is 6.01. The molecule has 2 aromatic carbocycles. The maximum atomic E-state index is 12.8. The first kappa shape index (κ1) is 19.4. The Morgan fingerprint density at radius 2 is 1.72 bits per heavy atom. The highest BCUT2D eigenvalue weighted by atomic mass is 16.2. The standard InChI is InChI=1S/C24H19N7O/c32-24(28-20-11-13-25-16-27-20)23-29-22(26-15-17-7-3-1-4-8-17)21-19(12-14-31(21)30-23)18-9-5-2-6-10-18/h1-14,16H,15H2,(H,26,29,30)(H,25,27,28,32). The van der Waals surface area contributed by atoms with Crippen molar-refractivity contribution in [3.8, 4) is 11.1 Å². The van der Waals surface area contributed by atoms with E-state index in [0.717, 1.165) is 22.2 Å². The normalized spacial score (nSPS) is 10.8. The first-order chi connectivity index (χ1) is 15.8. The Balaban J connectivity index is 1.55. The number of hydrogen-bond donors (Lipinski definition) is 2. The van der Waals surface area contributed by atoms with E-state index >= 15 is 0 Å². The number of carbonyl (C=O) groups excluding carboxylic acids is 1. The van der Waals surface area contributed by atoms with Crippen molar-refractivity contribution in [2.45, 2.75) is 6.54 Å². The number of fused-ring (bicyclic) bond motifs is 1. The fraction of sp³-hybridized carbons (Fsp3) is 0.0417. The fourth-order valence-corrected chi connectivity index (χ4v) is 3.41. The Bertz CT molecular complexity index is 1350. The summed E-state index contributed by atoms with van der Waals surface area (Å²) in [6.07, 6.45) is 4.75. The van der Waals surface area contributed by atoms with Crippen LogP contribution in [-0.4, -0.2) is 30.5 Å². The third-order valence-corrected chi connectivity index (χ3v) is 4.93. The summed E-state index contributed by atoms with van der Waals surface area (Å²) in [6, 6.07) is 23.6. The Hall–Kier alpha value is -4.59. The molecule has 0 spiro atoms. The molecule has 0 saturated heterocycles. The van der Waals surface area contributed by atoms with E-state index in [1.54, 1.807) is 16.8 Å². The molecule has 5 rings (SSSR count). The van der Waals surface area contributed by atoms with Gasteiger partial charge in [-0.05, 0) is 23.3 Å². The van der Waals surface area contributed by atoms with E-state index in [2.05, 4.69) is 30.7 Å². The van der Waals surface area contributed by atoms with Crippen LogP contribution in [0, 0.1) is 0 Å². The average Bonchev–Trinajstić information content (AvgIpc) is 3.29. The highest BCUT2D eigenvalue weighted by Crippen LogP contribution is 2.29. The lowest BCUT2D eigenvalue weighted by Crippen LogP contribution is -2.19. The maximum absolute atomic E-state index is 12.8. The van der Waals surface area contributed by atoms with Crippen molar-refractivity contribution in [3.05, 3.63) is 103 Å². The summed E-state index contributed by atoms with van der Waals surface area (Å²) in [5.41, 5.74) is 3.92. The topological polar surface area (TPSA) is 97.1 Å². The summed E-state index contributed by atoms with van der Waals surface area (Å²) in [6.45, 7) is 0.555. The van der Waals surface area contributed by atoms with Crippen LogP contribution < -0.4 is 10.6 Å². The minimum absolute atomic E-state index is 0.0295. The molecule has 0 unspecified atom stereocenters. The first-order valence-electron chi connectivity index (χ1n) is 10.1. The molecule has 0 radical (unpaired) electrons. The number of rotatable bonds is 6. The van der Waals surface area contributed by atoms with Crippen LogP contribution in [0.5, 0.6) is 0 Å². The van der Waals surface area contributed by atoms with Gasteiger partial charge in [0.05, 0.1) is 0 Å². The Labute approximate surface area is 184 Å². The van der Waals surface area contributed by atoms with Crippen LogP contribution in [0.25, 0.3) is 16.6 Å². The summed E-state index contributed by atoms with van der Waals surface area (Å²) in [7, 11) is 0. The molecule has 0 aliphatic carbocycles. The quantitative estimate of drug-likeness (QED) is 0.429. The second kappa shape index (κ2) is 8.65. The molecule has 0 bridgehead atoms. The van der Waals surface area contributed by atoms with Crippen LogP contribution in [0.3, 0.4) is 0 Å². The average molecular weight is 421 g/mol. The van der Waals surface area contributed by atoms with E-state index in [0.29, 0.717) is 18.2 Å². The zero-order valence-electron chi connectivity index (χ0n) is 17.0. The van der Waals surface area contributed by atoms with Gasteiger partial charge in [0.2, 0.25) is 5.82 Å². The van der Waals surface area contributed by atoms with Gasteiger partial charge in [0, 0.05) is 24.5 Å². The minimum atomic E-state index is -0.455. The Morgan fingerprint density at radius 1 is 0.938 bits per heavy atom. The second-order valence-corrected chi connectivity index (χ2v) is 7.06. The van der Waals surface area contributed by atoms with Crippen molar-refractivity contribution in [2.75, 3.05) is 10.6 Å². The number of amides is 1. The number of anilines is 2. The molecule has 0 saturated carbocycles. The third-order valence-electron chi connectivity index (χ3n) is 4.93. The van der Waals surface area contributed by atoms with E-state index < -0.39 is 5.91 Å². The second-order valence-electron chi connectivity index (χ2n) is 7.06. The molecule has 32 heavy (non-hydrogen) atoms. The molecule has 3 aromatic heterocycles. The Morgan fingerprint density at radius 3 is 2.47 bits per heavy atom. The number of nitrogens with zero attached hydrogens (tertiary/aromatic N) is 5. The van der Waals surface area contributed by atoms with Crippen LogP contribution in [0.2, 0.25) is 0 Å². The van der Waals surface area contributed by atoms with Crippen LogP contribution in [0.4, 0.5) is 11.6 Å². The molecule has 5 aromatic rings. The SMILES string of the molecule is O=C(Nc1ccncn1)c1nc(NCc2ccccc2)c2c(-c3ccccc3)ccn2n1. The molecule has 156 valence electrons. The molecule has 0 aliphatic heterocycles. The summed E-state index contributed by atoms with van der Waals surface area (Å²) < 4.78 is 1.68. The molecule has 8 heteroatoms. The van der Waals surface area contributed by atoms with E-state index in [1.165, 1.54) is 6.33 Å². The lowest BCUT2D eigenvalue weighted by Gasteiger charge is -2.11. The molecule has 8 nitrogen and oxygen atoms in total. The summed E-state index contributed by atoms with van der Waals surface area (Å²) in [5.74, 6) is 0.524. The number of nitrogens with one attached hydrogen (secondary N) is 2. The number of aromatic nitrogens is 5. The molecule has 2 N–H and O–H groups in total. The van der Waals surface area contributed by atoms with Gasteiger partial charge in [-0.15, -0.1) is 5.10 Å². The van der Waals surface area contributed by atoms with E-state index in [-0.39, 0.29) is 5.82 Å². The van der Waals surface area contributed by atoms with Gasteiger partial charge in [-0.25, -0.2) is 19.5 Å². The summed E-state index contributed by atoms with van der Waals surface area (Å²) >= 11 is 0. The van der Waals surface area contributed by atoms with Crippen molar-refractivity contribution in [3.63, 3.8) is 0 Å². The van der Waals surface area contributed by atoms with Gasteiger partial charge < -0.3 is 10.6 Å². The Kier molecular flexibility index (Phi) is 5.24. The van der Waals surface area contributed by atoms with Gasteiger partial charge in [0.1, 0.15) is 17.7 Å². The predicted octanol–water partition coefficient (Wildman–Crippen LogP) is 4.05. The van der Waals surface area contributed by atoms with Crippen molar-refractivity contribution in [1.82, 2.24) is 24.6 Å². The van der Waals surface area contributed by atoms with Gasteiger partial charge >= 0.3 is 0 Å². The van der Waals surface area contributed by atoms with E-state index in [1.807, 2.05) is 72.9 Å². The molecular formula is C24H19N7O.